The van der Waals surface area contributed by atoms with Crippen molar-refractivity contribution in [1.82, 2.24) is 0 Å². The molecule has 0 bridgehead atoms. The Bertz CT molecular complexity index is 555. The minimum Gasteiger partial charge on any atom is -0.506 e. The van der Waals surface area contributed by atoms with E-state index in [0.29, 0.717) is 23.7 Å². The number of phenols is 1. The molecular formula is C15H17NO3. The highest BCUT2D eigenvalue weighted by molar-refractivity contribution is 5.55. The zero-order valence-corrected chi connectivity index (χ0v) is 11.0. The second kappa shape index (κ2) is 6.00. The Kier molecular flexibility index (Phi) is 4.13. The summed E-state index contributed by atoms with van der Waals surface area (Å²) in [5, 5.41) is 12.8. The van der Waals surface area contributed by atoms with E-state index in [1.165, 1.54) is 0 Å². The molecule has 0 aliphatic carbocycles. The predicted octanol–water partition coefficient (Wildman–Crippen LogP) is 3.02. The van der Waals surface area contributed by atoms with Gasteiger partial charge < -0.3 is 19.9 Å². The van der Waals surface area contributed by atoms with Gasteiger partial charge in [-0.1, -0.05) is 18.2 Å². The molecule has 2 aromatic rings. The first-order valence-electron chi connectivity index (χ1n) is 5.97. The second-order valence-corrected chi connectivity index (χ2v) is 4.06. The molecule has 4 heteroatoms. The van der Waals surface area contributed by atoms with Gasteiger partial charge in [-0.15, -0.1) is 0 Å². The number of nitrogens with one attached hydrogen (secondary N) is 1. The molecule has 0 heterocycles. The topological polar surface area (TPSA) is 50.7 Å². The molecule has 2 N–H and O–H groups in total. The summed E-state index contributed by atoms with van der Waals surface area (Å²) in [6.07, 6.45) is 0. The van der Waals surface area contributed by atoms with E-state index in [2.05, 4.69) is 5.32 Å². The first-order valence-corrected chi connectivity index (χ1v) is 5.97. The first-order chi connectivity index (χ1) is 9.24. The molecule has 0 fully saturated rings. The second-order valence-electron chi connectivity index (χ2n) is 4.06. The summed E-state index contributed by atoms with van der Waals surface area (Å²) < 4.78 is 10.4. The van der Waals surface area contributed by atoms with E-state index in [9.17, 15) is 5.11 Å². The summed E-state index contributed by atoms with van der Waals surface area (Å²) in [5.74, 6) is 1.64. The molecule has 19 heavy (non-hydrogen) atoms. The van der Waals surface area contributed by atoms with Crippen LogP contribution in [0.4, 0.5) is 5.69 Å². The maximum atomic E-state index is 9.66. The van der Waals surface area contributed by atoms with Crippen LogP contribution in [0, 0.1) is 0 Å². The van der Waals surface area contributed by atoms with Gasteiger partial charge in [0.25, 0.3) is 0 Å². The molecular weight excluding hydrogens is 242 g/mol. The number of hydrogen-bond acceptors (Lipinski definition) is 4. The van der Waals surface area contributed by atoms with E-state index in [-0.39, 0.29) is 5.75 Å². The Labute approximate surface area is 112 Å². The summed E-state index contributed by atoms with van der Waals surface area (Å²) in [6, 6.07) is 12.9. The lowest BCUT2D eigenvalue weighted by atomic mass is 10.2. The zero-order valence-electron chi connectivity index (χ0n) is 11.0. The SMILES string of the molecule is COc1ccc(CNc2ccccc2O)cc1OC. The summed E-state index contributed by atoms with van der Waals surface area (Å²) in [5.41, 5.74) is 1.75. The molecule has 0 aliphatic rings. The maximum Gasteiger partial charge on any atom is 0.161 e. The lowest BCUT2D eigenvalue weighted by Gasteiger charge is -2.11. The van der Waals surface area contributed by atoms with Crippen molar-refractivity contribution in [2.75, 3.05) is 19.5 Å². The van der Waals surface area contributed by atoms with Crippen molar-refractivity contribution in [3.8, 4) is 17.2 Å². The van der Waals surface area contributed by atoms with Crippen LogP contribution in [0.2, 0.25) is 0 Å². The summed E-state index contributed by atoms with van der Waals surface area (Å²) in [4.78, 5) is 0. The van der Waals surface area contributed by atoms with E-state index in [0.717, 1.165) is 5.56 Å². The van der Waals surface area contributed by atoms with Gasteiger partial charge in [-0.2, -0.15) is 0 Å². The van der Waals surface area contributed by atoms with E-state index < -0.39 is 0 Å². The molecule has 0 radical (unpaired) electrons. The van der Waals surface area contributed by atoms with Gasteiger partial charge >= 0.3 is 0 Å². The van der Waals surface area contributed by atoms with Crippen LogP contribution in [0.1, 0.15) is 5.56 Å². The Balaban J connectivity index is 2.10. The molecule has 2 aromatic carbocycles. The third-order valence-electron chi connectivity index (χ3n) is 2.83. The van der Waals surface area contributed by atoms with E-state index >= 15 is 0 Å². The average molecular weight is 259 g/mol. The summed E-state index contributed by atoms with van der Waals surface area (Å²) in [7, 11) is 3.22. The van der Waals surface area contributed by atoms with Crippen LogP contribution in [0.5, 0.6) is 17.2 Å². The molecule has 4 nitrogen and oxygen atoms in total. The number of methoxy groups -OCH3 is 2. The van der Waals surface area contributed by atoms with E-state index in [4.69, 9.17) is 9.47 Å². The number of rotatable bonds is 5. The maximum absolute atomic E-state index is 9.66. The van der Waals surface area contributed by atoms with Crippen LogP contribution in [-0.2, 0) is 6.54 Å². The van der Waals surface area contributed by atoms with Crippen LogP contribution in [0.15, 0.2) is 42.5 Å². The van der Waals surface area contributed by atoms with Crippen molar-refractivity contribution >= 4 is 5.69 Å². The van der Waals surface area contributed by atoms with Gasteiger partial charge in [0.15, 0.2) is 11.5 Å². The minimum atomic E-state index is 0.239. The van der Waals surface area contributed by atoms with Crippen molar-refractivity contribution in [1.29, 1.82) is 0 Å². The van der Waals surface area contributed by atoms with Crippen molar-refractivity contribution in [3.05, 3.63) is 48.0 Å². The quantitative estimate of drug-likeness (QED) is 0.810. The Morgan fingerprint density at radius 3 is 2.42 bits per heavy atom. The fourth-order valence-corrected chi connectivity index (χ4v) is 1.81. The number of benzene rings is 2. The number of hydrogen-bond donors (Lipinski definition) is 2. The molecule has 0 aliphatic heterocycles. The highest BCUT2D eigenvalue weighted by atomic mass is 16.5. The molecule has 0 unspecified atom stereocenters. The van der Waals surface area contributed by atoms with Gasteiger partial charge in [0.2, 0.25) is 0 Å². The number of anilines is 1. The third-order valence-corrected chi connectivity index (χ3v) is 2.83. The Hall–Kier alpha value is -2.36. The van der Waals surface area contributed by atoms with Gasteiger partial charge in [0, 0.05) is 6.54 Å². The highest BCUT2D eigenvalue weighted by Crippen LogP contribution is 2.28. The van der Waals surface area contributed by atoms with Gasteiger partial charge in [0.1, 0.15) is 5.75 Å². The van der Waals surface area contributed by atoms with Crippen molar-refractivity contribution < 1.29 is 14.6 Å². The number of phenolic OH excluding ortho intramolecular Hbond substituents is 1. The Morgan fingerprint density at radius 2 is 1.74 bits per heavy atom. The highest BCUT2D eigenvalue weighted by Gasteiger charge is 2.05. The summed E-state index contributed by atoms with van der Waals surface area (Å²) >= 11 is 0. The van der Waals surface area contributed by atoms with Crippen LogP contribution in [0.3, 0.4) is 0 Å². The molecule has 2 rings (SSSR count). The van der Waals surface area contributed by atoms with Gasteiger partial charge in [-0.05, 0) is 29.8 Å². The van der Waals surface area contributed by atoms with Crippen LogP contribution < -0.4 is 14.8 Å². The normalized spacial score (nSPS) is 10.0. The molecule has 0 amide bonds. The van der Waals surface area contributed by atoms with Crippen molar-refractivity contribution in [2.24, 2.45) is 0 Å². The minimum absolute atomic E-state index is 0.239. The van der Waals surface area contributed by atoms with Gasteiger partial charge in [-0.25, -0.2) is 0 Å². The molecule has 0 aromatic heterocycles. The predicted molar refractivity (Wildman–Crippen MR) is 75.0 cm³/mol. The fourth-order valence-electron chi connectivity index (χ4n) is 1.81. The monoisotopic (exact) mass is 259 g/mol. The smallest absolute Gasteiger partial charge is 0.161 e. The first kappa shape index (κ1) is 13.1. The standard InChI is InChI=1S/C15H17NO3/c1-18-14-8-7-11(9-15(14)19-2)10-16-12-5-3-4-6-13(12)17/h3-9,16-17H,10H2,1-2H3. The van der Waals surface area contributed by atoms with E-state index in [1.54, 1.807) is 26.4 Å². The number of para-hydroxylation sites is 2. The lowest BCUT2D eigenvalue weighted by Crippen LogP contribution is -2.00. The molecule has 0 saturated heterocycles. The largest absolute Gasteiger partial charge is 0.506 e. The average Bonchev–Trinajstić information content (AvgIpc) is 2.46. The third kappa shape index (κ3) is 3.10. The molecule has 100 valence electrons. The van der Waals surface area contributed by atoms with Crippen molar-refractivity contribution in [2.45, 2.75) is 6.54 Å². The van der Waals surface area contributed by atoms with Crippen LogP contribution in [0.25, 0.3) is 0 Å². The van der Waals surface area contributed by atoms with Gasteiger partial charge in [-0.3, -0.25) is 0 Å². The van der Waals surface area contributed by atoms with Crippen LogP contribution in [-0.4, -0.2) is 19.3 Å². The summed E-state index contributed by atoms with van der Waals surface area (Å²) in [6.45, 7) is 0.595. The fraction of sp³-hybridized carbons (Fsp3) is 0.200. The molecule has 0 atom stereocenters. The number of ether oxygens (including phenoxy) is 2. The molecule has 0 spiro atoms. The lowest BCUT2D eigenvalue weighted by molar-refractivity contribution is 0.354. The van der Waals surface area contributed by atoms with Gasteiger partial charge in [0.05, 0.1) is 19.9 Å². The van der Waals surface area contributed by atoms with Crippen molar-refractivity contribution in [3.63, 3.8) is 0 Å². The number of aromatic hydroxyl groups is 1. The Morgan fingerprint density at radius 1 is 1.00 bits per heavy atom. The molecule has 0 saturated carbocycles. The van der Waals surface area contributed by atoms with Crippen LogP contribution >= 0.6 is 0 Å². The van der Waals surface area contributed by atoms with E-state index in [1.807, 2.05) is 30.3 Å². The zero-order chi connectivity index (χ0) is 13.7.